The van der Waals surface area contributed by atoms with Gasteiger partial charge in [-0.2, -0.15) is 0 Å². The molecule has 1 amide bonds. The van der Waals surface area contributed by atoms with E-state index in [2.05, 4.69) is 34.9 Å². The van der Waals surface area contributed by atoms with Crippen LogP contribution < -0.4 is 10.6 Å². The van der Waals surface area contributed by atoms with Gasteiger partial charge in [0.1, 0.15) is 0 Å². The van der Waals surface area contributed by atoms with Gasteiger partial charge in [-0.1, -0.05) is 24.3 Å². The second-order valence-corrected chi connectivity index (χ2v) is 6.54. The maximum Gasteiger partial charge on any atom is 0.221 e. The third kappa shape index (κ3) is 3.58. The lowest BCUT2D eigenvalue weighted by Crippen LogP contribution is -2.16. The van der Waals surface area contributed by atoms with Gasteiger partial charge in [0, 0.05) is 35.0 Å². The first-order valence-corrected chi connectivity index (χ1v) is 7.95. The lowest BCUT2D eigenvalue weighted by atomic mass is 10.1. The maximum absolute atomic E-state index is 11.1. The van der Waals surface area contributed by atoms with Crippen LogP contribution >= 0.6 is 11.8 Å². The minimum absolute atomic E-state index is 0.0473. The predicted molar refractivity (Wildman–Crippen MR) is 89.0 cm³/mol. The average Bonchev–Trinajstić information content (AvgIpc) is 2.87. The smallest absolute Gasteiger partial charge is 0.221 e. The lowest BCUT2D eigenvalue weighted by Gasteiger charge is -2.12. The molecule has 1 aliphatic rings. The van der Waals surface area contributed by atoms with E-state index in [1.165, 1.54) is 17.4 Å². The van der Waals surface area contributed by atoms with Crippen molar-refractivity contribution in [2.75, 3.05) is 17.2 Å². The van der Waals surface area contributed by atoms with Crippen LogP contribution in [0.5, 0.6) is 0 Å². The SMILES string of the molecule is CC(=O)Nc1cccc(NCC2Cc3ccccc3S2)c1. The normalized spacial score (nSPS) is 16.3. The van der Waals surface area contributed by atoms with Crippen LogP contribution in [-0.4, -0.2) is 17.7 Å². The number of amides is 1. The fraction of sp³-hybridized carbons (Fsp3) is 0.235. The van der Waals surface area contributed by atoms with E-state index < -0.39 is 0 Å². The molecule has 2 aromatic carbocycles. The Kier molecular flexibility index (Phi) is 4.15. The molecule has 3 nitrogen and oxygen atoms in total. The summed E-state index contributed by atoms with van der Waals surface area (Å²) in [4.78, 5) is 12.5. The first kappa shape index (κ1) is 14.0. The average molecular weight is 298 g/mol. The van der Waals surface area contributed by atoms with Crippen molar-refractivity contribution >= 4 is 29.0 Å². The van der Waals surface area contributed by atoms with Crippen LogP contribution in [0.2, 0.25) is 0 Å². The highest BCUT2D eigenvalue weighted by molar-refractivity contribution is 8.00. The highest BCUT2D eigenvalue weighted by atomic mass is 32.2. The number of hydrogen-bond donors (Lipinski definition) is 2. The first-order valence-electron chi connectivity index (χ1n) is 7.07. The zero-order valence-corrected chi connectivity index (χ0v) is 12.7. The van der Waals surface area contributed by atoms with Crippen LogP contribution in [0.15, 0.2) is 53.4 Å². The summed E-state index contributed by atoms with van der Waals surface area (Å²) in [6, 6.07) is 16.4. The Morgan fingerprint density at radius 2 is 2.00 bits per heavy atom. The van der Waals surface area contributed by atoms with E-state index in [1.54, 1.807) is 0 Å². The van der Waals surface area contributed by atoms with Gasteiger partial charge in [0.05, 0.1) is 0 Å². The third-order valence-electron chi connectivity index (χ3n) is 3.43. The molecule has 0 bridgehead atoms. The van der Waals surface area contributed by atoms with Gasteiger partial charge >= 0.3 is 0 Å². The number of thioether (sulfide) groups is 1. The van der Waals surface area contributed by atoms with Crippen LogP contribution in [0.4, 0.5) is 11.4 Å². The number of nitrogens with one attached hydrogen (secondary N) is 2. The van der Waals surface area contributed by atoms with Gasteiger partial charge in [0.25, 0.3) is 0 Å². The highest BCUT2D eigenvalue weighted by Gasteiger charge is 2.21. The van der Waals surface area contributed by atoms with E-state index >= 15 is 0 Å². The number of rotatable bonds is 4. The highest BCUT2D eigenvalue weighted by Crippen LogP contribution is 2.36. The molecule has 1 atom stereocenters. The van der Waals surface area contributed by atoms with E-state index in [4.69, 9.17) is 0 Å². The number of benzene rings is 2. The molecule has 0 radical (unpaired) electrons. The molecule has 4 heteroatoms. The molecule has 2 N–H and O–H groups in total. The fourth-order valence-corrected chi connectivity index (χ4v) is 3.76. The first-order chi connectivity index (χ1) is 10.2. The molecule has 0 saturated heterocycles. The Balaban J connectivity index is 1.58. The molecule has 108 valence electrons. The quantitative estimate of drug-likeness (QED) is 0.902. The summed E-state index contributed by atoms with van der Waals surface area (Å²) >= 11 is 1.94. The molecule has 0 spiro atoms. The topological polar surface area (TPSA) is 41.1 Å². The fourth-order valence-electron chi connectivity index (χ4n) is 2.51. The zero-order chi connectivity index (χ0) is 14.7. The monoisotopic (exact) mass is 298 g/mol. The van der Waals surface area contributed by atoms with Gasteiger partial charge in [-0.05, 0) is 36.2 Å². The third-order valence-corrected chi connectivity index (χ3v) is 4.75. The summed E-state index contributed by atoms with van der Waals surface area (Å²) in [5, 5.41) is 6.83. The molecule has 1 unspecified atom stereocenters. The Morgan fingerprint density at radius 1 is 1.19 bits per heavy atom. The van der Waals surface area contributed by atoms with Crippen molar-refractivity contribution in [2.24, 2.45) is 0 Å². The van der Waals surface area contributed by atoms with E-state index in [9.17, 15) is 4.79 Å². The number of fused-ring (bicyclic) bond motifs is 1. The van der Waals surface area contributed by atoms with Crippen molar-refractivity contribution in [3.8, 4) is 0 Å². The summed E-state index contributed by atoms with van der Waals surface area (Å²) in [5.74, 6) is -0.0473. The van der Waals surface area contributed by atoms with Crippen molar-refractivity contribution < 1.29 is 4.79 Å². The number of carbonyl (C=O) groups is 1. The molecule has 3 rings (SSSR count). The predicted octanol–water partition coefficient (Wildman–Crippen LogP) is 3.77. The van der Waals surface area contributed by atoms with E-state index in [0.29, 0.717) is 5.25 Å². The van der Waals surface area contributed by atoms with Crippen molar-refractivity contribution in [1.29, 1.82) is 0 Å². The van der Waals surface area contributed by atoms with Crippen molar-refractivity contribution in [2.45, 2.75) is 23.5 Å². The summed E-state index contributed by atoms with van der Waals surface area (Å²) in [6.45, 7) is 2.44. The minimum Gasteiger partial charge on any atom is -0.384 e. The minimum atomic E-state index is -0.0473. The molecular formula is C17H18N2OS. The number of hydrogen-bond acceptors (Lipinski definition) is 3. The van der Waals surface area contributed by atoms with Crippen molar-refractivity contribution in [3.63, 3.8) is 0 Å². The van der Waals surface area contributed by atoms with Crippen molar-refractivity contribution in [1.82, 2.24) is 0 Å². The van der Waals surface area contributed by atoms with Crippen LogP contribution in [-0.2, 0) is 11.2 Å². The van der Waals surface area contributed by atoms with Crippen molar-refractivity contribution in [3.05, 3.63) is 54.1 Å². The van der Waals surface area contributed by atoms with Gasteiger partial charge in [0.15, 0.2) is 0 Å². The number of carbonyl (C=O) groups excluding carboxylic acids is 1. The molecule has 0 fully saturated rings. The van der Waals surface area contributed by atoms with Gasteiger partial charge in [-0.3, -0.25) is 4.79 Å². The largest absolute Gasteiger partial charge is 0.384 e. The van der Waals surface area contributed by atoms with Gasteiger partial charge in [0.2, 0.25) is 5.91 Å². The molecular weight excluding hydrogens is 280 g/mol. The Morgan fingerprint density at radius 3 is 2.81 bits per heavy atom. The van der Waals surface area contributed by atoms with Crippen LogP contribution in [0.3, 0.4) is 0 Å². The Bertz CT molecular complexity index is 632. The molecule has 0 aliphatic carbocycles. The molecule has 1 heterocycles. The van der Waals surface area contributed by atoms with Gasteiger partial charge in [-0.15, -0.1) is 11.8 Å². The second kappa shape index (κ2) is 6.22. The zero-order valence-electron chi connectivity index (χ0n) is 11.9. The van der Waals surface area contributed by atoms with Crippen LogP contribution in [0.25, 0.3) is 0 Å². The van der Waals surface area contributed by atoms with Gasteiger partial charge in [-0.25, -0.2) is 0 Å². The summed E-state index contributed by atoms with van der Waals surface area (Å²) in [7, 11) is 0. The molecule has 2 aromatic rings. The van der Waals surface area contributed by atoms with E-state index in [-0.39, 0.29) is 5.91 Å². The summed E-state index contributed by atoms with van der Waals surface area (Å²) in [6.07, 6.45) is 1.11. The summed E-state index contributed by atoms with van der Waals surface area (Å²) in [5.41, 5.74) is 3.31. The molecule has 0 saturated carbocycles. The van der Waals surface area contributed by atoms with Gasteiger partial charge < -0.3 is 10.6 Å². The Labute approximate surface area is 129 Å². The second-order valence-electron chi connectivity index (χ2n) is 5.19. The number of anilines is 2. The summed E-state index contributed by atoms with van der Waals surface area (Å²) < 4.78 is 0. The standard InChI is InChI=1S/C17H18N2OS/c1-12(20)19-15-7-4-6-14(10-15)18-11-16-9-13-5-2-3-8-17(13)21-16/h2-8,10,16,18H,9,11H2,1H3,(H,19,20). The Hall–Kier alpha value is -1.94. The molecule has 21 heavy (non-hydrogen) atoms. The van der Waals surface area contributed by atoms with E-state index in [0.717, 1.165) is 24.3 Å². The van der Waals surface area contributed by atoms with Crippen LogP contribution in [0.1, 0.15) is 12.5 Å². The van der Waals surface area contributed by atoms with Crippen LogP contribution in [0, 0.1) is 0 Å². The molecule has 1 aliphatic heterocycles. The van der Waals surface area contributed by atoms with E-state index in [1.807, 2.05) is 36.0 Å². The maximum atomic E-state index is 11.1. The molecule has 0 aromatic heterocycles. The lowest BCUT2D eigenvalue weighted by molar-refractivity contribution is -0.114.